The van der Waals surface area contributed by atoms with Crippen LogP contribution in [0.15, 0.2) is 24.3 Å². The minimum absolute atomic E-state index is 0.0695. The zero-order chi connectivity index (χ0) is 14.0. The second-order valence-corrected chi connectivity index (χ2v) is 5.72. The average molecular weight is 283 g/mol. The van der Waals surface area contributed by atoms with E-state index in [9.17, 15) is 4.79 Å². The predicted molar refractivity (Wildman–Crippen MR) is 74.9 cm³/mol. The van der Waals surface area contributed by atoms with Crippen molar-refractivity contribution in [2.45, 2.75) is 25.9 Å². The van der Waals surface area contributed by atoms with E-state index in [1.54, 1.807) is 0 Å². The van der Waals surface area contributed by atoms with Gasteiger partial charge in [-0.25, -0.2) is 0 Å². The number of benzene rings is 1. The Morgan fingerprint density at radius 2 is 2.16 bits per heavy atom. The first-order valence-corrected chi connectivity index (χ1v) is 6.71. The van der Waals surface area contributed by atoms with Crippen molar-refractivity contribution in [1.82, 2.24) is 5.32 Å². The largest absolute Gasteiger partial charge is 0.379 e. The number of amides is 1. The summed E-state index contributed by atoms with van der Waals surface area (Å²) < 4.78 is 5.29. The van der Waals surface area contributed by atoms with Crippen LogP contribution in [0, 0.1) is 5.41 Å². The summed E-state index contributed by atoms with van der Waals surface area (Å²) >= 11 is 5.85. The molecule has 1 aromatic rings. The molecule has 0 aliphatic carbocycles. The number of halogens is 1. The first-order chi connectivity index (χ1) is 8.93. The van der Waals surface area contributed by atoms with Crippen molar-refractivity contribution >= 4 is 17.5 Å². The van der Waals surface area contributed by atoms with Crippen molar-refractivity contribution in [3.8, 4) is 0 Å². The van der Waals surface area contributed by atoms with Crippen molar-refractivity contribution in [3.63, 3.8) is 0 Å². The van der Waals surface area contributed by atoms with E-state index in [1.807, 2.05) is 38.1 Å². The molecule has 0 spiro atoms. The van der Waals surface area contributed by atoms with Gasteiger partial charge in [-0.3, -0.25) is 4.79 Å². The zero-order valence-corrected chi connectivity index (χ0v) is 11.9. The summed E-state index contributed by atoms with van der Waals surface area (Å²) in [6.07, 6.45) is 0. The van der Waals surface area contributed by atoms with Crippen LogP contribution in [0.2, 0.25) is 5.02 Å². The molecule has 4 nitrogen and oxygen atoms in total. The lowest BCUT2D eigenvalue weighted by atomic mass is 9.84. The van der Waals surface area contributed by atoms with Crippen LogP contribution < -0.4 is 11.1 Å². The zero-order valence-electron chi connectivity index (χ0n) is 11.2. The van der Waals surface area contributed by atoms with Crippen LogP contribution in [0.4, 0.5) is 0 Å². The van der Waals surface area contributed by atoms with E-state index in [0.717, 1.165) is 5.56 Å². The van der Waals surface area contributed by atoms with Gasteiger partial charge in [-0.15, -0.1) is 0 Å². The number of ether oxygens (including phenoxy) is 1. The fourth-order valence-corrected chi connectivity index (χ4v) is 2.25. The molecule has 1 aliphatic rings. The summed E-state index contributed by atoms with van der Waals surface area (Å²) in [6.45, 7) is 4.58. The molecular formula is C14H19ClN2O2. The van der Waals surface area contributed by atoms with E-state index in [-0.39, 0.29) is 18.0 Å². The van der Waals surface area contributed by atoms with E-state index < -0.39 is 5.41 Å². The van der Waals surface area contributed by atoms with Gasteiger partial charge in [-0.2, -0.15) is 0 Å². The number of nitrogens with one attached hydrogen (secondary N) is 1. The highest BCUT2D eigenvalue weighted by Gasteiger charge is 2.44. The van der Waals surface area contributed by atoms with Gasteiger partial charge < -0.3 is 15.8 Å². The van der Waals surface area contributed by atoms with E-state index in [4.69, 9.17) is 22.1 Å². The van der Waals surface area contributed by atoms with Gasteiger partial charge in [0, 0.05) is 11.1 Å². The smallest absolute Gasteiger partial charge is 0.230 e. The molecule has 1 aromatic carbocycles. The second kappa shape index (κ2) is 5.49. The second-order valence-electron chi connectivity index (χ2n) is 5.29. The van der Waals surface area contributed by atoms with Crippen molar-refractivity contribution < 1.29 is 9.53 Å². The van der Waals surface area contributed by atoms with Crippen molar-refractivity contribution in [3.05, 3.63) is 34.9 Å². The van der Waals surface area contributed by atoms with Gasteiger partial charge in [-0.05, 0) is 31.5 Å². The summed E-state index contributed by atoms with van der Waals surface area (Å²) in [5.74, 6) is -0.0695. The van der Waals surface area contributed by atoms with Crippen LogP contribution in [0.1, 0.15) is 25.5 Å². The highest BCUT2D eigenvalue weighted by atomic mass is 35.5. The maximum Gasteiger partial charge on any atom is 0.230 e. The van der Waals surface area contributed by atoms with E-state index >= 15 is 0 Å². The maximum atomic E-state index is 12.3. The molecule has 0 saturated carbocycles. The standard InChI is InChI=1S/C14H19ClN2O2/c1-9(10-3-5-11(15)6-4-10)17-13(18)14(2)8-19-7-12(14)16/h3-6,9,12H,7-8,16H2,1-2H3,(H,17,18)/t9-,12?,14?/m1/s1. The maximum absolute atomic E-state index is 12.3. The first-order valence-electron chi connectivity index (χ1n) is 6.33. The lowest BCUT2D eigenvalue weighted by molar-refractivity contribution is -0.131. The van der Waals surface area contributed by atoms with Crippen molar-refractivity contribution in [2.75, 3.05) is 13.2 Å². The fraction of sp³-hybridized carbons (Fsp3) is 0.500. The van der Waals surface area contributed by atoms with Gasteiger partial charge in [0.25, 0.3) is 0 Å². The summed E-state index contributed by atoms with van der Waals surface area (Å²) in [7, 11) is 0. The van der Waals surface area contributed by atoms with Gasteiger partial charge in [0.05, 0.1) is 24.7 Å². The van der Waals surface area contributed by atoms with Gasteiger partial charge in [-0.1, -0.05) is 23.7 Å². The molecule has 104 valence electrons. The monoisotopic (exact) mass is 282 g/mol. The topological polar surface area (TPSA) is 64.3 Å². The Hall–Kier alpha value is -1.10. The Kier molecular flexibility index (Phi) is 4.13. The number of carbonyl (C=O) groups is 1. The van der Waals surface area contributed by atoms with Gasteiger partial charge in [0.2, 0.25) is 5.91 Å². The van der Waals surface area contributed by atoms with E-state index in [2.05, 4.69) is 5.32 Å². The lowest BCUT2D eigenvalue weighted by Crippen LogP contribution is -2.50. The Morgan fingerprint density at radius 1 is 1.53 bits per heavy atom. The molecule has 0 radical (unpaired) electrons. The summed E-state index contributed by atoms with van der Waals surface area (Å²) in [5, 5.41) is 3.67. The molecule has 19 heavy (non-hydrogen) atoms. The molecule has 0 bridgehead atoms. The highest BCUT2D eigenvalue weighted by molar-refractivity contribution is 6.30. The van der Waals surface area contributed by atoms with Crippen LogP contribution in [0.3, 0.4) is 0 Å². The summed E-state index contributed by atoms with van der Waals surface area (Å²) in [5.41, 5.74) is 6.30. The first kappa shape index (κ1) is 14.3. The minimum Gasteiger partial charge on any atom is -0.379 e. The Balaban J connectivity index is 2.04. The van der Waals surface area contributed by atoms with Gasteiger partial charge in [0.1, 0.15) is 0 Å². The SMILES string of the molecule is C[C@@H](NC(=O)C1(C)COCC1N)c1ccc(Cl)cc1. The molecule has 1 amide bonds. The molecule has 5 heteroatoms. The number of nitrogens with two attached hydrogens (primary N) is 1. The average Bonchev–Trinajstić information content (AvgIpc) is 2.71. The molecular weight excluding hydrogens is 264 g/mol. The lowest BCUT2D eigenvalue weighted by Gasteiger charge is -2.27. The van der Waals surface area contributed by atoms with Crippen LogP contribution in [0.25, 0.3) is 0 Å². The number of hydrogen-bond donors (Lipinski definition) is 2. The third kappa shape index (κ3) is 2.91. The van der Waals surface area contributed by atoms with Crippen LogP contribution in [-0.2, 0) is 9.53 Å². The Morgan fingerprint density at radius 3 is 2.68 bits per heavy atom. The number of hydrogen-bond acceptors (Lipinski definition) is 3. The molecule has 0 aromatic heterocycles. The molecule has 1 heterocycles. The minimum atomic E-state index is -0.652. The molecule has 1 saturated heterocycles. The third-order valence-electron chi connectivity index (χ3n) is 3.75. The molecule has 2 rings (SSSR count). The third-order valence-corrected chi connectivity index (χ3v) is 4.01. The van der Waals surface area contributed by atoms with Gasteiger partial charge in [0.15, 0.2) is 0 Å². The van der Waals surface area contributed by atoms with Crippen molar-refractivity contribution in [1.29, 1.82) is 0 Å². The van der Waals surface area contributed by atoms with Crippen LogP contribution in [0.5, 0.6) is 0 Å². The van der Waals surface area contributed by atoms with Gasteiger partial charge >= 0.3 is 0 Å². The molecule has 3 atom stereocenters. The van der Waals surface area contributed by atoms with E-state index in [0.29, 0.717) is 18.2 Å². The van der Waals surface area contributed by atoms with Crippen molar-refractivity contribution in [2.24, 2.45) is 11.1 Å². The predicted octanol–water partition coefficient (Wildman–Crippen LogP) is 1.88. The fourth-order valence-electron chi connectivity index (χ4n) is 2.12. The summed E-state index contributed by atoms with van der Waals surface area (Å²) in [4.78, 5) is 12.3. The van der Waals surface area contributed by atoms with E-state index in [1.165, 1.54) is 0 Å². The molecule has 1 aliphatic heterocycles. The Labute approximate surface area is 118 Å². The molecule has 1 fully saturated rings. The summed E-state index contributed by atoms with van der Waals surface area (Å²) in [6, 6.07) is 7.08. The number of rotatable bonds is 3. The van der Waals surface area contributed by atoms with Crippen LogP contribution in [-0.4, -0.2) is 25.2 Å². The van der Waals surface area contributed by atoms with Crippen LogP contribution >= 0.6 is 11.6 Å². The number of carbonyl (C=O) groups excluding carboxylic acids is 1. The Bertz CT molecular complexity index is 463. The molecule has 2 unspecified atom stereocenters. The molecule has 3 N–H and O–H groups in total. The highest BCUT2D eigenvalue weighted by Crippen LogP contribution is 2.28. The quantitative estimate of drug-likeness (QED) is 0.890. The normalized spacial score (nSPS) is 28.1.